The van der Waals surface area contributed by atoms with Gasteiger partial charge in [0.05, 0.1) is 13.2 Å². The smallest absolute Gasteiger partial charge is 0.322 e. The average Bonchev–Trinajstić information content (AvgIpc) is 2.04. The Kier molecular flexibility index (Phi) is 4.18. The fraction of sp³-hybridized carbons (Fsp3) is 0.857. The van der Waals surface area contributed by atoms with E-state index >= 15 is 0 Å². The zero-order chi connectivity index (χ0) is 8.97. The number of hydrogen-bond acceptors (Lipinski definition) is 4. The van der Waals surface area contributed by atoms with Crippen LogP contribution >= 0.6 is 23.4 Å². The third-order valence-corrected chi connectivity index (χ3v) is 2.72. The van der Waals surface area contributed by atoms with Gasteiger partial charge < -0.3 is 9.47 Å². The molecule has 0 N–H and O–H groups in total. The number of hydrogen-bond donors (Lipinski definition) is 0. The highest BCUT2D eigenvalue weighted by Crippen LogP contribution is 2.24. The monoisotopic (exact) mass is 210 g/mol. The standard InChI is InChI=1S/C7H11ClO3S/c1-5-3-10-4-7(12-5)11-6(9)2-8/h5,7H,2-4H2,1H3. The molecule has 3 nitrogen and oxygen atoms in total. The van der Waals surface area contributed by atoms with E-state index < -0.39 is 0 Å². The lowest BCUT2D eigenvalue weighted by Crippen LogP contribution is -2.30. The molecule has 0 spiro atoms. The first-order valence-corrected chi connectivity index (χ1v) is 5.18. The van der Waals surface area contributed by atoms with E-state index in [4.69, 9.17) is 21.1 Å². The summed E-state index contributed by atoms with van der Waals surface area (Å²) in [4.78, 5) is 10.8. The molecule has 2 atom stereocenters. The van der Waals surface area contributed by atoms with Crippen LogP contribution < -0.4 is 0 Å². The summed E-state index contributed by atoms with van der Waals surface area (Å²) >= 11 is 6.89. The zero-order valence-electron chi connectivity index (χ0n) is 6.79. The summed E-state index contributed by atoms with van der Waals surface area (Å²) in [6.45, 7) is 3.22. The SMILES string of the molecule is CC1COCC(OC(=O)CCl)S1. The number of alkyl halides is 1. The molecule has 12 heavy (non-hydrogen) atoms. The van der Waals surface area contributed by atoms with Crippen molar-refractivity contribution in [2.45, 2.75) is 17.6 Å². The number of carbonyl (C=O) groups is 1. The van der Waals surface area contributed by atoms with E-state index in [0.717, 1.165) is 6.61 Å². The lowest BCUT2D eigenvalue weighted by Gasteiger charge is -2.25. The van der Waals surface area contributed by atoms with Crippen molar-refractivity contribution < 1.29 is 14.3 Å². The zero-order valence-corrected chi connectivity index (χ0v) is 8.36. The Balaban J connectivity index is 2.27. The van der Waals surface area contributed by atoms with Gasteiger partial charge in [-0.15, -0.1) is 23.4 Å². The third-order valence-electron chi connectivity index (χ3n) is 1.36. The van der Waals surface area contributed by atoms with Crippen LogP contribution in [0.25, 0.3) is 0 Å². The van der Waals surface area contributed by atoms with Crippen molar-refractivity contribution in [2.24, 2.45) is 0 Å². The molecule has 0 aromatic carbocycles. The van der Waals surface area contributed by atoms with Gasteiger partial charge in [0.2, 0.25) is 0 Å². The van der Waals surface area contributed by atoms with Gasteiger partial charge in [-0.25, -0.2) is 0 Å². The Morgan fingerprint density at radius 1 is 1.75 bits per heavy atom. The third kappa shape index (κ3) is 3.21. The number of carbonyl (C=O) groups excluding carboxylic acids is 1. The molecule has 5 heteroatoms. The molecule has 0 aromatic rings. The Bertz CT molecular complexity index is 165. The molecule has 0 aromatic heterocycles. The van der Waals surface area contributed by atoms with E-state index in [1.807, 2.05) is 6.92 Å². The molecular formula is C7H11ClO3S. The Hall–Kier alpha value is 0.0700. The fourth-order valence-electron chi connectivity index (χ4n) is 0.908. The summed E-state index contributed by atoms with van der Waals surface area (Å²) in [5.74, 6) is -0.474. The van der Waals surface area contributed by atoms with Crippen LogP contribution in [-0.4, -0.2) is 35.7 Å². The summed E-state index contributed by atoms with van der Waals surface area (Å²) in [6.07, 6.45) is 0. The molecule has 0 aliphatic carbocycles. The molecule has 1 rings (SSSR count). The Morgan fingerprint density at radius 3 is 3.08 bits per heavy atom. The fourth-order valence-corrected chi connectivity index (χ4v) is 2.00. The highest BCUT2D eigenvalue weighted by Gasteiger charge is 2.22. The Morgan fingerprint density at radius 2 is 2.50 bits per heavy atom. The molecule has 70 valence electrons. The molecule has 0 amide bonds. The van der Waals surface area contributed by atoms with Crippen LogP contribution in [0, 0.1) is 0 Å². The van der Waals surface area contributed by atoms with Gasteiger partial charge in [0.1, 0.15) is 5.88 Å². The van der Waals surface area contributed by atoms with Gasteiger partial charge >= 0.3 is 5.97 Å². The average molecular weight is 211 g/mol. The van der Waals surface area contributed by atoms with E-state index in [1.54, 1.807) is 11.8 Å². The maximum absolute atomic E-state index is 10.8. The molecule has 0 bridgehead atoms. The molecule has 1 aliphatic rings. The van der Waals surface area contributed by atoms with Gasteiger partial charge in [0, 0.05) is 5.25 Å². The maximum Gasteiger partial charge on any atom is 0.322 e. The van der Waals surface area contributed by atoms with Crippen LogP contribution in [0.1, 0.15) is 6.92 Å². The topological polar surface area (TPSA) is 35.5 Å². The molecule has 1 saturated heterocycles. The lowest BCUT2D eigenvalue weighted by atomic mass is 10.5. The normalized spacial score (nSPS) is 29.8. The predicted octanol–water partition coefficient (Wildman–Crippen LogP) is 1.25. The van der Waals surface area contributed by atoms with E-state index in [-0.39, 0.29) is 17.3 Å². The van der Waals surface area contributed by atoms with E-state index in [1.165, 1.54) is 0 Å². The minimum atomic E-state index is -0.383. The number of thioether (sulfide) groups is 1. The van der Waals surface area contributed by atoms with Crippen molar-refractivity contribution in [1.82, 2.24) is 0 Å². The van der Waals surface area contributed by atoms with Crippen molar-refractivity contribution in [3.63, 3.8) is 0 Å². The van der Waals surface area contributed by atoms with Gasteiger partial charge in [0.25, 0.3) is 0 Å². The largest absolute Gasteiger partial charge is 0.448 e. The molecule has 1 heterocycles. The minimum Gasteiger partial charge on any atom is -0.448 e. The van der Waals surface area contributed by atoms with Crippen LogP contribution in [0.15, 0.2) is 0 Å². The maximum atomic E-state index is 10.8. The first kappa shape index (κ1) is 10.2. The number of rotatable bonds is 2. The van der Waals surface area contributed by atoms with Gasteiger partial charge in [-0.3, -0.25) is 4.79 Å². The first-order chi connectivity index (χ1) is 5.72. The van der Waals surface area contributed by atoms with Gasteiger partial charge in [-0.05, 0) is 0 Å². The van der Waals surface area contributed by atoms with Gasteiger partial charge in [-0.2, -0.15) is 0 Å². The van der Waals surface area contributed by atoms with Crippen molar-refractivity contribution in [3.8, 4) is 0 Å². The second-order valence-corrected chi connectivity index (χ2v) is 4.41. The second kappa shape index (κ2) is 4.94. The predicted molar refractivity (Wildman–Crippen MR) is 48.5 cm³/mol. The first-order valence-electron chi connectivity index (χ1n) is 3.71. The van der Waals surface area contributed by atoms with Crippen LogP contribution in [0.3, 0.4) is 0 Å². The molecule has 1 aliphatic heterocycles. The van der Waals surface area contributed by atoms with Crippen molar-refractivity contribution in [2.75, 3.05) is 19.1 Å². The second-order valence-electron chi connectivity index (χ2n) is 2.54. The van der Waals surface area contributed by atoms with Crippen LogP contribution in [0.2, 0.25) is 0 Å². The van der Waals surface area contributed by atoms with E-state index in [0.29, 0.717) is 11.9 Å². The minimum absolute atomic E-state index is 0.0918. The summed E-state index contributed by atoms with van der Waals surface area (Å²) in [7, 11) is 0. The van der Waals surface area contributed by atoms with Gasteiger partial charge in [-0.1, -0.05) is 6.92 Å². The summed E-state index contributed by atoms with van der Waals surface area (Å²) in [6, 6.07) is 0. The van der Waals surface area contributed by atoms with Crippen molar-refractivity contribution in [3.05, 3.63) is 0 Å². The molecular weight excluding hydrogens is 200 g/mol. The van der Waals surface area contributed by atoms with Crippen molar-refractivity contribution >= 4 is 29.3 Å². The highest BCUT2D eigenvalue weighted by atomic mass is 35.5. The van der Waals surface area contributed by atoms with Gasteiger partial charge in [0.15, 0.2) is 5.44 Å². The Labute approximate surface area is 80.7 Å². The van der Waals surface area contributed by atoms with E-state index in [9.17, 15) is 4.79 Å². The lowest BCUT2D eigenvalue weighted by molar-refractivity contribution is -0.144. The molecule has 2 unspecified atom stereocenters. The van der Waals surface area contributed by atoms with Crippen LogP contribution in [0.5, 0.6) is 0 Å². The van der Waals surface area contributed by atoms with Crippen molar-refractivity contribution in [1.29, 1.82) is 0 Å². The van der Waals surface area contributed by atoms with Crippen LogP contribution in [-0.2, 0) is 14.3 Å². The summed E-state index contributed by atoms with van der Waals surface area (Å²) in [5.41, 5.74) is -0.181. The number of halogens is 1. The summed E-state index contributed by atoms with van der Waals surface area (Å²) < 4.78 is 10.2. The summed E-state index contributed by atoms with van der Waals surface area (Å²) in [5, 5.41) is 0.381. The van der Waals surface area contributed by atoms with E-state index in [2.05, 4.69) is 0 Å². The van der Waals surface area contributed by atoms with Crippen LogP contribution in [0.4, 0.5) is 0 Å². The number of ether oxygens (including phenoxy) is 2. The number of esters is 1. The molecule has 1 fully saturated rings. The molecule has 0 saturated carbocycles. The highest BCUT2D eigenvalue weighted by molar-refractivity contribution is 8.00. The quantitative estimate of drug-likeness (QED) is 0.508. The molecule has 0 radical (unpaired) electrons.